The van der Waals surface area contributed by atoms with Gasteiger partial charge >= 0.3 is 0 Å². The van der Waals surface area contributed by atoms with Gasteiger partial charge in [-0.05, 0) is 37.3 Å². The second kappa shape index (κ2) is 7.34. The molecule has 1 rings (SSSR count). The van der Waals surface area contributed by atoms with Crippen LogP contribution in [0.15, 0.2) is 0 Å². The third-order valence-electron chi connectivity index (χ3n) is 4.03. The number of hydrogen-bond donors (Lipinski definition) is 1. The Labute approximate surface area is 107 Å². The first-order valence-electron chi connectivity index (χ1n) is 7.05. The summed E-state index contributed by atoms with van der Waals surface area (Å²) in [7, 11) is 1.81. The van der Waals surface area contributed by atoms with Crippen molar-refractivity contribution in [3.8, 4) is 0 Å². The van der Waals surface area contributed by atoms with Crippen LogP contribution >= 0.6 is 0 Å². The van der Waals surface area contributed by atoms with Crippen LogP contribution in [0.25, 0.3) is 0 Å². The van der Waals surface area contributed by atoms with Gasteiger partial charge in [-0.1, -0.05) is 20.8 Å². The molecule has 2 atom stereocenters. The molecule has 0 aromatic carbocycles. The maximum absolute atomic E-state index is 5.26. The zero-order chi connectivity index (χ0) is 12.7. The van der Waals surface area contributed by atoms with Crippen molar-refractivity contribution >= 4 is 0 Å². The van der Waals surface area contributed by atoms with Gasteiger partial charge in [0.1, 0.15) is 0 Å². The molecule has 1 aliphatic rings. The van der Waals surface area contributed by atoms with Crippen molar-refractivity contribution in [2.45, 2.75) is 33.6 Å². The van der Waals surface area contributed by atoms with Gasteiger partial charge in [-0.25, -0.2) is 0 Å². The zero-order valence-corrected chi connectivity index (χ0v) is 12.1. The standard InChI is InChI=1S/C14H30N2O/c1-5-14(3,11-15-6-2)12-16-8-7-13(9-16)10-17-4/h13,15H,5-12H2,1-4H3. The first kappa shape index (κ1) is 14.9. The third-order valence-corrected chi connectivity index (χ3v) is 4.03. The Hall–Kier alpha value is -0.120. The SMILES string of the molecule is CCNCC(C)(CC)CN1CCC(COC)C1. The largest absolute Gasteiger partial charge is 0.384 e. The lowest BCUT2D eigenvalue weighted by Gasteiger charge is -2.33. The molecule has 1 saturated heterocycles. The maximum Gasteiger partial charge on any atom is 0.0503 e. The molecule has 3 nitrogen and oxygen atoms in total. The Morgan fingerprint density at radius 1 is 1.41 bits per heavy atom. The van der Waals surface area contributed by atoms with Crippen LogP contribution in [-0.2, 0) is 4.74 Å². The summed E-state index contributed by atoms with van der Waals surface area (Å²) in [6.07, 6.45) is 2.54. The normalized spacial score (nSPS) is 25.1. The number of ether oxygens (including phenoxy) is 1. The van der Waals surface area contributed by atoms with Crippen molar-refractivity contribution < 1.29 is 4.74 Å². The van der Waals surface area contributed by atoms with Crippen molar-refractivity contribution in [3.63, 3.8) is 0 Å². The summed E-state index contributed by atoms with van der Waals surface area (Å²) in [5.41, 5.74) is 0.415. The van der Waals surface area contributed by atoms with Crippen LogP contribution in [0.2, 0.25) is 0 Å². The fraction of sp³-hybridized carbons (Fsp3) is 1.00. The van der Waals surface area contributed by atoms with Crippen molar-refractivity contribution in [2.75, 3.05) is 46.4 Å². The Balaban J connectivity index is 2.36. The molecule has 0 amide bonds. The number of methoxy groups -OCH3 is 1. The molecule has 17 heavy (non-hydrogen) atoms. The van der Waals surface area contributed by atoms with Crippen LogP contribution in [0.3, 0.4) is 0 Å². The molecule has 3 heteroatoms. The minimum atomic E-state index is 0.415. The third kappa shape index (κ3) is 4.94. The van der Waals surface area contributed by atoms with Crippen LogP contribution in [0.5, 0.6) is 0 Å². The highest BCUT2D eigenvalue weighted by molar-refractivity contribution is 4.84. The second-order valence-electron chi connectivity index (χ2n) is 5.79. The Bertz CT molecular complexity index is 210. The second-order valence-corrected chi connectivity index (χ2v) is 5.79. The van der Waals surface area contributed by atoms with Crippen molar-refractivity contribution in [3.05, 3.63) is 0 Å². The molecule has 1 aliphatic heterocycles. The molecule has 0 bridgehead atoms. The molecule has 0 radical (unpaired) electrons. The van der Waals surface area contributed by atoms with Gasteiger partial charge in [0.25, 0.3) is 0 Å². The average molecular weight is 242 g/mol. The van der Waals surface area contributed by atoms with Crippen molar-refractivity contribution in [1.29, 1.82) is 0 Å². The average Bonchev–Trinajstić information content (AvgIpc) is 2.74. The van der Waals surface area contributed by atoms with Crippen LogP contribution in [-0.4, -0.2) is 51.3 Å². The minimum absolute atomic E-state index is 0.415. The highest BCUT2D eigenvalue weighted by Gasteiger charge is 2.29. The van der Waals surface area contributed by atoms with E-state index in [0.29, 0.717) is 5.41 Å². The van der Waals surface area contributed by atoms with Crippen LogP contribution in [0, 0.1) is 11.3 Å². The van der Waals surface area contributed by atoms with E-state index in [1.165, 1.54) is 32.5 Å². The molecule has 2 unspecified atom stereocenters. The van der Waals surface area contributed by atoms with E-state index in [2.05, 4.69) is 31.0 Å². The van der Waals surface area contributed by atoms with Gasteiger partial charge in [0.15, 0.2) is 0 Å². The summed E-state index contributed by atoms with van der Waals surface area (Å²) >= 11 is 0. The summed E-state index contributed by atoms with van der Waals surface area (Å²) in [6.45, 7) is 13.7. The lowest BCUT2D eigenvalue weighted by atomic mass is 9.87. The van der Waals surface area contributed by atoms with E-state index in [9.17, 15) is 0 Å². The van der Waals surface area contributed by atoms with Gasteiger partial charge in [-0.3, -0.25) is 0 Å². The molecule has 0 aromatic heterocycles. The number of nitrogens with zero attached hydrogens (tertiary/aromatic N) is 1. The van der Waals surface area contributed by atoms with Crippen molar-refractivity contribution in [2.24, 2.45) is 11.3 Å². The van der Waals surface area contributed by atoms with E-state index in [1.54, 1.807) is 0 Å². The van der Waals surface area contributed by atoms with E-state index in [1.807, 2.05) is 7.11 Å². The fourth-order valence-corrected chi connectivity index (χ4v) is 2.69. The topological polar surface area (TPSA) is 24.5 Å². The Morgan fingerprint density at radius 2 is 2.18 bits per heavy atom. The number of hydrogen-bond acceptors (Lipinski definition) is 3. The first-order chi connectivity index (χ1) is 8.13. The molecule has 0 saturated carbocycles. The van der Waals surface area contributed by atoms with Gasteiger partial charge in [-0.2, -0.15) is 0 Å². The van der Waals surface area contributed by atoms with E-state index >= 15 is 0 Å². The maximum atomic E-state index is 5.26. The summed E-state index contributed by atoms with van der Waals surface area (Å²) in [6, 6.07) is 0. The van der Waals surface area contributed by atoms with Gasteiger partial charge in [0.2, 0.25) is 0 Å². The fourth-order valence-electron chi connectivity index (χ4n) is 2.69. The number of rotatable bonds is 8. The molecule has 1 heterocycles. The highest BCUT2D eigenvalue weighted by Crippen LogP contribution is 2.25. The van der Waals surface area contributed by atoms with E-state index in [4.69, 9.17) is 4.74 Å². The lowest BCUT2D eigenvalue weighted by molar-refractivity contribution is 0.140. The molecule has 1 N–H and O–H groups in total. The quantitative estimate of drug-likeness (QED) is 0.704. The Morgan fingerprint density at radius 3 is 2.76 bits per heavy atom. The van der Waals surface area contributed by atoms with Crippen molar-refractivity contribution in [1.82, 2.24) is 10.2 Å². The van der Waals surface area contributed by atoms with Gasteiger partial charge in [0.05, 0.1) is 6.61 Å². The number of nitrogens with one attached hydrogen (secondary N) is 1. The van der Waals surface area contributed by atoms with Crippen LogP contribution in [0.4, 0.5) is 0 Å². The molecule has 102 valence electrons. The Kier molecular flexibility index (Phi) is 6.45. The predicted octanol–water partition coefficient (Wildman–Crippen LogP) is 1.98. The van der Waals surface area contributed by atoms with E-state index in [0.717, 1.165) is 25.6 Å². The molecular weight excluding hydrogens is 212 g/mol. The highest BCUT2D eigenvalue weighted by atomic mass is 16.5. The summed E-state index contributed by atoms with van der Waals surface area (Å²) in [5.74, 6) is 0.750. The zero-order valence-electron chi connectivity index (χ0n) is 12.1. The van der Waals surface area contributed by atoms with Crippen LogP contribution in [0.1, 0.15) is 33.6 Å². The van der Waals surface area contributed by atoms with Gasteiger partial charge < -0.3 is 15.0 Å². The summed E-state index contributed by atoms with van der Waals surface area (Å²) in [4.78, 5) is 2.62. The van der Waals surface area contributed by atoms with E-state index in [-0.39, 0.29) is 0 Å². The predicted molar refractivity (Wildman–Crippen MR) is 73.4 cm³/mol. The van der Waals surface area contributed by atoms with Crippen LogP contribution < -0.4 is 5.32 Å². The lowest BCUT2D eigenvalue weighted by Crippen LogP contribution is -2.41. The summed E-state index contributed by atoms with van der Waals surface area (Å²) in [5, 5.41) is 3.50. The minimum Gasteiger partial charge on any atom is -0.384 e. The molecule has 0 aromatic rings. The molecule has 0 spiro atoms. The molecule has 0 aliphatic carbocycles. The van der Waals surface area contributed by atoms with E-state index < -0.39 is 0 Å². The molecule has 1 fully saturated rings. The first-order valence-corrected chi connectivity index (χ1v) is 7.05. The number of likely N-dealkylation sites (tertiary alicyclic amines) is 1. The van der Waals surface area contributed by atoms with Gasteiger partial charge in [0, 0.05) is 26.7 Å². The monoisotopic (exact) mass is 242 g/mol. The van der Waals surface area contributed by atoms with Gasteiger partial charge in [-0.15, -0.1) is 0 Å². The summed E-state index contributed by atoms with van der Waals surface area (Å²) < 4.78 is 5.26. The smallest absolute Gasteiger partial charge is 0.0503 e. The molecular formula is C14H30N2O.